The topological polar surface area (TPSA) is 87.7 Å². The maximum Gasteiger partial charge on any atom is 0.408 e. The first-order valence-electron chi connectivity index (χ1n) is 13.4. The van der Waals surface area contributed by atoms with Crippen molar-refractivity contribution in [3.63, 3.8) is 0 Å². The zero-order valence-electron chi connectivity index (χ0n) is 22.8. The average molecular weight is 528 g/mol. The Morgan fingerprint density at radius 1 is 0.872 bits per heavy atom. The monoisotopic (exact) mass is 527 g/mol. The van der Waals surface area contributed by atoms with E-state index in [0.717, 1.165) is 16.7 Å². The molecule has 0 radical (unpaired) electrons. The van der Waals surface area contributed by atoms with Crippen molar-refractivity contribution in [2.45, 2.75) is 63.8 Å². The van der Waals surface area contributed by atoms with Crippen LogP contribution in [0.25, 0.3) is 0 Å². The van der Waals surface area contributed by atoms with Gasteiger partial charge in [-0.15, -0.1) is 0 Å². The number of likely N-dealkylation sites (tertiary alicyclic amines) is 1. The van der Waals surface area contributed by atoms with E-state index in [4.69, 9.17) is 4.74 Å². The van der Waals surface area contributed by atoms with Crippen LogP contribution >= 0.6 is 0 Å². The van der Waals surface area contributed by atoms with Gasteiger partial charge < -0.3 is 20.3 Å². The Bertz CT molecular complexity index is 1200. The highest BCUT2D eigenvalue weighted by molar-refractivity contribution is 5.93. The first-order valence-corrected chi connectivity index (χ1v) is 13.4. The van der Waals surface area contributed by atoms with Crippen LogP contribution in [0.5, 0.6) is 0 Å². The van der Waals surface area contributed by atoms with E-state index in [2.05, 4.69) is 10.6 Å². The first kappa shape index (κ1) is 27.9. The van der Waals surface area contributed by atoms with Gasteiger partial charge in [-0.1, -0.05) is 91.0 Å². The van der Waals surface area contributed by atoms with Crippen molar-refractivity contribution >= 4 is 17.9 Å². The number of hydrogen-bond donors (Lipinski definition) is 2. The smallest absolute Gasteiger partial charge is 0.408 e. The summed E-state index contributed by atoms with van der Waals surface area (Å²) in [6.45, 7) is 6.16. The summed E-state index contributed by atoms with van der Waals surface area (Å²) in [6.07, 6.45) is 0.588. The van der Waals surface area contributed by atoms with Gasteiger partial charge >= 0.3 is 6.09 Å². The third-order valence-electron chi connectivity index (χ3n) is 6.74. The highest BCUT2D eigenvalue weighted by Gasteiger charge is 2.42. The predicted octanol–water partition coefficient (Wildman–Crippen LogP) is 5.02. The van der Waals surface area contributed by atoms with Crippen LogP contribution in [-0.4, -0.2) is 47.0 Å². The second-order valence-electron chi connectivity index (χ2n) is 10.8. The minimum atomic E-state index is -0.979. The molecule has 3 aromatic carbocycles. The number of benzene rings is 3. The molecule has 1 fully saturated rings. The molecule has 39 heavy (non-hydrogen) atoms. The highest BCUT2D eigenvalue weighted by Crippen LogP contribution is 2.31. The predicted molar refractivity (Wildman–Crippen MR) is 151 cm³/mol. The largest absolute Gasteiger partial charge is 0.444 e. The van der Waals surface area contributed by atoms with E-state index in [9.17, 15) is 14.4 Å². The fraction of sp³-hybridized carbons (Fsp3) is 0.344. The van der Waals surface area contributed by atoms with Crippen molar-refractivity contribution in [3.8, 4) is 0 Å². The van der Waals surface area contributed by atoms with E-state index in [-0.39, 0.29) is 11.8 Å². The van der Waals surface area contributed by atoms with Crippen LogP contribution in [-0.2, 0) is 20.9 Å². The van der Waals surface area contributed by atoms with Gasteiger partial charge in [0.1, 0.15) is 17.7 Å². The normalized spacial score (nSPS) is 16.0. The molecule has 7 nitrogen and oxygen atoms in total. The summed E-state index contributed by atoms with van der Waals surface area (Å²) in [5.41, 5.74) is 2.00. The van der Waals surface area contributed by atoms with Gasteiger partial charge in [0.15, 0.2) is 0 Å². The van der Waals surface area contributed by atoms with Gasteiger partial charge in [0.25, 0.3) is 0 Å². The molecule has 4 rings (SSSR count). The van der Waals surface area contributed by atoms with Gasteiger partial charge in [0, 0.05) is 19.0 Å². The fourth-order valence-corrected chi connectivity index (χ4v) is 5.00. The summed E-state index contributed by atoms with van der Waals surface area (Å²) in [4.78, 5) is 42.2. The lowest BCUT2D eigenvalue weighted by Crippen LogP contribution is -2.56. The summed E-state index contributed by atoms with van der Waals surface area (Å²) in [6, 6.07) is 27.3. The Kier molecular flexibility index (Phi) is 9.02. The van der Waals surface area contributed by atoms with Crippen molar-refractivity contribution in [1.29, 1.82) is 0 Å². The van der Waals surface area contributed by atoms with E-state index >= 15 is 0 Å². The maximum absolute atomic E-state index is 14.3. The fourth-order valence-electron chi connectivity index (χ4n) is 5.00. The van der Waals surface area contributed by atoms with Gasteiger partial charge in [-0.2, -0.15) is 0 Å². The summed E-state index contributed by atoms with van der Waals surface area (Å²) in [5, 5.41) is 5.86. The summed E-state index contributed by atoms with van der Waals surface area (Å²) in [7, 11) is 0. The van der Waals surface area contributed by atoms with Crippen LogP contribution in [0.3, 0.4) is 0 Å². The number of alkyl carbamates (subject to hydrolysis) is 1. The second-order valence-corrected chi connectivity index (χ2v) is 10.8. The Hall–Kier alpha value is -4.13. The zero-order chi connectivity index (χ0) is 27.8. The molecule has 0 bridgehead atoms. The number of ether oxygens (including phenoxy) is 1. The van der Waals surface area contributed by atoms with Crippen molar-refractivity contribution in [3.05, 3.63) is 108 Å². The number of nitrogens with zero attached hydrogens (tertiary/aromatic N) is 1. The summed E-state index contributed by atoms with van der Waals surface area (Å²) < 4.78 is 5.56. The highest BCUT2D eigenvalue weighted by atomic mass is 16.6. The van der Waals surface area contributed by atoms with Gasteiger partial charge in [-0.05, 0) is 50.3 Å². The third kappa shape index (κ3) is 7.47. The van der Waals surface area contributed by atoms with Crippen LogP contribution in [0.2, 0.25) is 0 Å². The molecule has 2 atom stereocenters. The molecule has 3 aromatic rings. The van der Waals surface area contributed by atoms with Crippen molar-refractivity contribution in [2.24, 2.45) is 0 Å². The average Bonchev–Trinajstić information content (AvgIpc) is 3.42. The number of carbonyl (C=O) groups excluding carboxylic acids is 3. The first-order chi connectivity index (χ1) is 18.7. The molecule has 1 saturated heterocycles. The molecule has 0 aliphatic carbocycles. The zero-order valence-corrected chi connectivity index (χ0v) is 22.8. The molecule has 0 unspecified atom stereocenters. The van der Waals surface area contributed by atoms with Gasteiger partial charge in [0.2, 0.25) is 11.8 Å². The third-order valence-corrected chi connectivity index (χ3v) is 6.74. The molecule has 0 spiro atoms. The number of amides is 3. The lowest BCUT2D eigenvalue weighted by atomic mass is 9.84. The Morgan fingerprint density at radius 2 is 1.41 bits per heavy atom. The summed E-state index contributed by atoms with van der Waals surface area (Å²) >= 11 is 0. The number of carbonyl (C=O) groups is 3. The van der Waals surface area contributed by atoms with Crippen LogP contribution in [0.15, 0.2) is 91.0 Å². The van der Waals surface area contributed by atoms with Crippen LogP contribution < -0.4 is 10.6 Å². The minimum absolute atomic E-state index is 0.198. The Labute approximate surface area is 230 Å². The second kappa shape index (κ2) is 12.6. The van der Waals surface area contributed by atoms with E-state index in [1.165, 1.54) is 0 Å². The van der Waals surface area contributed by atoms with Gasteiger partial charge in [-0.3, -0.25) is 9.59 Å². The molecule has 7 heteroatoms. The standard InChI is InChI=1S/C32H37N3O4/c1-32(2,3)39-31(38)34-28(27(24-16-9-5-10-17-24)25-18-11-6-12-19-25)30(37)35-21-13-20-26(35)29(36)33-22-23-14-7-4-8-15-23/h4-12,14-19,26-28H,13,20-22H2,1-3H3,(H,33,36)(H,34,38)/t26-,28+/m0/s1. The molecule has 2 N–H and O–H groups in total. The van der Waals surface area contributed by atoms with E-state index in [1.54, 1.807) is 25.7 Å². The van der Waals surface area contributed by atoms with Crippen LogP contribution in [0.1, 0.15) is 56.2 Å². The molecule has 1 heterocycles. The van der Waals surface area contributed by atoms with Crippen molar-refractivity contribution in [2.75, 3.05) is 6.54 Å². The Morgan fingerprint density at radius 3 is 1.95 bits per heavy atom. The maximum atomic E-state index is 14.3. The molecule has 1 aliphatic rings. The SMILES string of the molecule is CC(C)(C)OC(=O)N[C@@H](C(=O)N1CCC[C@H]1C(=O)NCc1ccccc1)C(c1ccccc1)c1ccccc1. The van der Waals surface area contributed by atoms with E-state index in [0.29, 0.717) is 25.9 Å². The molecule has 1 aliphatic heterocycles. The molecule has 204 valence electrons. The molecule has 0 saturated carbocycles. The lowest BCUT2D eigenvalue weighted by molar-refractivity contribution is -0.140. The number of hydrogen-bond acceptors (Lipinski definition) is 4. The molecule has 3 amide bonds. The summed E-state index contributed by atoms with van der Waals surface area (Å²) in [5.74, 6) is -0.992. The van der Waals surface area contributed by atoms with Crippen molar-refractivity contribution < 1.29 is 19.1 Å². The molecular formula is C32H37N3O4. The Balaban J connectivity index is 1.64. The quantitative estimate of drug-likeness (QED) is 0.431. The number of rotatable bonds is 8. The number of nitrogens with one attached hydrogen (secondary N) is 2. The molecular weight excluding hydrogens is 490 g/mol. The van der Waals surface area contributed by atoms with Crippen molar-refractivity contribution in [1.82, 2.24) is 15.5 Å². The van der Waals surface area contributed by atoms with Gasteiger partial charge in [-0.25, -0.2) is 4.79 Å². The minimum Gasteiger partial charge on any atom is -0.444 e. The molecule has 0 aromatic heterocycles. The van der Waals surface area contributed by atoms with E-state index in [1.807, 2.05) is 91.0 Å². The van der Waals surface area contributed by atoms with Crippen LogP contribution in [0, 0.1) is 0 Å². The van der Waals surface area contributed by atoms with Gasteiger partial charge in [0.05, 0.1) is 0 Å². The van der Waals surface area contributed by atoms with Crippen LogP contribution in [0.4, 0.5) is 4.79 Å². The lowest BCUT2D eigenvalue weighted by Gasteiger charge is -2.34. The van der Waals surface area contributed by atoms with E-state index < -0.39 is 29.7 Å².